The zero-order valence-corrected chi connectivity index (χ0v) is 34.0. The SMILES string of the molecule is CC[C@@H]1C[C@@]1(NC(=O)[C@@H]1[C@@H]2[C@H](CN1C(=O)[C@@H](NC(=O)N[C@H](CN1C(=O)CC(C)(C)CC1=O)C(C)(C)C)C1(C)CCCCC1)C2(C)C)C(=O)C(=O)NC1CC1. The Morgan fingerprint density at radius 2 is 1.50 bits per heavy atom. The fraction of sp³-hybridized carbons (Fsp3) is 0.829. The lowest BCUT2D eigenvalue weighted by Crippen LogP contribution is -2.64. The second kappa shape index (κ2) is 13.9. The molecule has 0 radical (unpaired) electrons. The van der Waals surface area contributed by atoms with Crippen molar-refractivity contribution in [3.63, 3.8) is 0 Å². The minimum atomic E-state index is -1.28. The van der Waals surface area contributed by atoms with E-state index in [0.717, 1.165) is 32.1 Å². The number of likely N-dealkylation sites (tertiary alicyclic amines) is 2. The van der Waals surface area contributed by atoms with Gasteiger partial charge < -0.3 is 26.2 Å². The normalized spacial score (nSPS) is 31.8. The van der Waals surface area contributed by atoms with Crippen molar-refractivity contribution in [1.82, 2.24) is 31.1 Å². The van der Waals surface area contributed by atoms with Crippen molar-refractivity contribution in [3.05, 3.63) is 0 Å². The van der Waals surface area contributed by atoms with Gasteiger partial charge in [-0.3, -0.25) is 33.7 Å². The summed E-state index contributed by atoms with van der Waals surface area (Å²) in [5.41, 5.74) is -3.02. The maximum absolute atomic E-state index is 15.0. The molecular formula is C41H64N6O7. The fourth-order valence-electron chi connectivity index (χ4n) is 9.91. The maximum Gasteiger partial charge on any atom is 0.315 e. The van der Waals surface area contributed by atoms with Crippen LogP contribution >= 0.6 is 0 Å². The Balaban J connectivity index is 1.22. The van der Waals surface area contributed by atoms with E-state index in [1.807, 2.05) is 48.5 Å². The molecule has 4 N–H and O–H groups in total. The van der Waals surface area contributed by atoms with Gasteiger partial charge in [0.25, 0.3) is 5.91 Å². The molecule has 6 rings (SSSR count). The first-order valence-electron chi connectivity index (χ1n) is 20.4. The van der Waals surface area contributed by atoms with Crippen molar-refractivity contribution in [2.24, 2.45) is 39.4 Å². The van der Waals surface area contributed by atoms with E-state index < -0.39 is 63.5 Å². The third-order valence-electron chi connectivity index (χ3n) is 14.0. The van der Waals surface area contributed by atoms with Gasteiger partial charge in [-0.1, -0.05) is 88.0 Å². The van der Waals surface area contributed by atoms with Crippen LogP contribution in [-0.2, 0) is 28.8 Å². The lowest BCUT2D eigenvalue weighted by molar-refractivity contribution is -0.153. The molecule has 13 nitrogen and oxygen atoms in total. The van der Waals surface area contributed by atoms with E-state index in [0.29, 0.717) is 32.2 Å². The van der Waals surface area contributed by atoms with Crippen LogP contribution in [0.1, 0.15) is 133 Å². The van der Waals surface area contributed by atoms with Crippen molar-refractivity contribution in [2.45, 2.75) is 163 Å². The first-order valence-corrected chi connectivity index (χ1v) is 20.4. The van der Waals surface area contributed by atoms with Crippen LogP contribution in [0.2, 0.25) is 0 Å². The Bertz CT molecular complexity index is 1570. The topological polar surface area (TPSA) is 174 Å². The number of fused-ring (bicyclic) bond motifs is 1. The van der Waals surface area contributed by atoms with Crippen molar-refractivity contribution in [3.8, 4) is 0 Å². The van der Waals surface area contributed by atoms with Gasteiger partial charge in [-0.05, 0) is 71.5 Å². The Labute approximate surface area is 320 Å². The average Bonchev–Trinajstić information content (AvgIpc) is 4.02. The summed E-state index contributed by atoms with van der Waals surface area (Å²) in [6.07, 6.45) is 7.43. The number of hydrogen-bond donors (Lipinski definition) is 4. The highest BCUT2D eigenvalue weighted by molar-refractivity contribution is 6.41. The summed E-state index contributed by atoms with van der Waals surface area (Å²) in [5.74, 6) is -2.78. The lowest BCUT2D eigenvalue weighted by atomic mass is 9.70. The molecule has 4 aliphatic carbocycles. The van der Waals surface area contributed by atoms with E-state index in [9.17, 15) is 33.6 Å². The van der Waals surface area contributed by atoms with Crippen LogP contribution in [0.5, 0.6) is 0 Å². The van der Waals surface area contributed by atoms with Crippen LogP contribution < -0.4 is 21.3 Å². The number of Topliss-reactive ketones (excluding diaryl/α,β-unsaturated/α-hetero) is 1. The molecule has 7 atom stereocenters. The Kier molecular flexibility index (Phi) is 10.3. The molecule has 2 saturated heterocycles. The quantitative estimate of drug-likeness (QED) is 0.173. The number of urea groups is 1. The van der Waals surface area contributed by atoms with Gasteiger partial charge in [-0.15, -0.1) is 0 Å². The molecule has 0 spiro atoms. The van der Waals surface area contributed by atoms with Gasteiger partial charge in [0.2, 0.25) is 29.4 Å². The van der Waals surface area contributed by atoms with Crippen molar-refractivity contribution >= 4 is 41.4 Å². The molecule has 6 fully saturated rings. The van der Waals surface area contributed by atoms with E-state index in [-0.39, 0.29) is 66.3 Å². The Morgan fingerprint density at radius 3 is 2.04 bits per heavy atom. The predicted octanol–water partition coefficient (Wildman–Crippen LogP) is 3.83. The second-order valence-corrected chi connectivity index (χ2v) is 20.3. The lowest BCUT2D eigenvalue weighted by Gasteiger charge is -2.44. The number of rotatable bonds is 12. The molecule has 0 aromatic heterocycles. The maximum atomic E-state index is 15.0. The van der Waals surface area contributed by atoms with Crippen LogP contribution in [-0.4, -0.2) is 93.9 Å². The highest BCUT2D eigenvalue weighted by Crippen LogP contribution is 2.65. The first kappa shape index (κ1) is 40.2. The third kappa shape index (κ3) is 7.66. The summed E-state index contributed by atoms with van der Waals surface area (Å²) in [7, 11) is 0. The fourth-order valence-corrected chi connectivity index (χ4v) is 9.91. The van der Waals surface area contributed by atoms with Gasteiger partial charge in [0, 0.05) is 32.0 Å². The van der Waals surface area contributed by atoms with Gasteiger partial charge >= 0.3 is 6.03 Å². The molecule has 54 heavy (non-hydrogen) atoms. The Hall–Kier alpha value is -3.51. The van der Waals surface area contributed by atoms with Gasteiger partial charge in [0.15, 0.2) is 0 Å². The molecular weight excluding hydrogens is 688 g/mol. The molecule has 0 aromatic rings. The minimum Gasteiger partial charge on any atom is -0.347 e. The van der Waals surface area contributed by atoms with Crippen LogP contribution in [0, 0.1) is 39.4 Å². The van der Waals surface area contributed by atoms with Crippen LogP contribution in [0.25, 0.3) is 0 Å². The molecule has 0 aromatic carbocycles. The number of carbonyl (C=O) groups excluding carboxylic acids is 7. The highest BCUT2D eigenvalue weighted by atomic mass is 16.2. The summed E-state index contributed by atoms with van der Waals surface area (Å²) >= 11 is 0. The van der Waals surface area contributed by atoms with Crippen LogP contribution in [0.15, 0.2) is 0 Å². The van der Waals surface area contributed by atoms with E-state index in [1.165, 1.54) is 4.90 Å². The molecule has 4 saturated carbocycles. The zero-order valence-electron chi connectivity index (χ0n) is 34.0. The van der Waals surface area contributed by atoms with E-state index in [4.69, 9.17) is 0 Å². The number of piperidine rings is 2. The first-order chi connectivity index (χ1) is 25.0. The second-order valence-electron chi connectivity index (χ2n) is 20.3. The van der Waals surface area contributed by atoms with Crippen LogP contribution in [0.3, 0.4) is 0 Å². The molecule has 2 heterocycles. The smallest absolute Gasteiger partial charge is 0.315 e. The summed E-state index contributed by atoms with van der Waals surface area (Å²) in [4.78, 5) is 99.1. The molecule has 2 aliphatic heterocycles. The highest BCUT2D eigenvalue weighted by Gasteiger charge is 2.71. The standard InChI is InChI=1S/C41H64N6O7/c1-10-23-18-41(23,32(50)34(52)42-24-14-15-24)45-33(51)30-29-25(39(29,7)8)21-47(30)35(53)31(40(9)16-12-11-13-17-40)44-36(54)43-26(37(2,3)4)22-46-27(48)19-38(5,6)20-28(46)49/h23-26,29-31H,10-22H2,1-9H3,(H,42,52)(H,45,51)(H2,43,44,54)/t23-,25+,26-,29+,30+,31-,41+/m1/s1. The summed E-state index contributed by atoms with van der Waals surface area (Å²) in [6.45, 7) is 18.1. The average molecular weight is 753 g/mol. The van der Waals surface area contributed by atoms with Gasteiger partial charge in [0.05, 0.1) is 6.04 Å². The summed E-state index contributed by atoms with van der Waals surface area (Å²) in [6, 6.07) is -2.96. The third-order valence-corrected chi connectivity index (χ3v) is 14.0. The number of imide groups is 1. The van der Waals surface area contributed by atoms with Gasteiger partial charge in [-0.2, -0.15) is 0 Å². The number of nitrogens with one attached hydrogen (secondary N) is 4. The van der Waals surface area contributed by atoms with Crippen molar-refractivity contribution in [1.29, 1.82) is 0 Å². The summed E-state index contributed by atoms with van der Waals surface area (Å²) in [5, 5.41) is 11.9. The Morgan fingerprint density at radius 1 is 0.889 bits per heavy atom. The van der Waals surface area contributed by atoms with E-state index >= 15 is 0 Å². The number of amides is 7. The number of hydrogen-bond acceptors (Lipinski definition) is 7. The number of nitrogens with zero attached hydrogens (tertiary/aromatic N) is 2. The van der Waals surface area contributed by atoms with E-state index in [1.54, 1.807) is 4.90 Å². The summed E-state index contributed by atoms with van der Waals surface area (Å²) < 4.78 is 0. The largest absolute Gasteiger partial charge is 0.347 e. The molecule has 0 bridgehead atoms. The number of ketones is 1. The monoisotopic (exact) mass is 752 g/mol. The molecule has 300 valence electrons. The van der Waals surface area contributed by atoms with Crippen molar-refractivity contribution in [2.75, 3.05) is 13.1 Å². The minimum absolute atomic E-state index is 0.00705. The predicted molar refractivity (Wildman–Crippen MR) is 201 cm³/mol. The van der Waals surface area contributed by atoms with Crippen LogP contribution in [0.4, 0.5) is 4.79 Å². The van der Waals surface area contributed by atoms with Crippen molar-refractivity contribution < 1.29 is 33.6 Å². The molecule has 13 heteroatoms. The number of carbonyl (C=O) groups is 7. The van der Waals surface area contributed by atoms with Gasteiger partial charge in [0.1, 0.15) is 17.6 Å². The molecule has 0 unspecified atom stereocenters. The molecule has 7 amide bonds. The van der Waals surface area contributed by atoms with E-state index in [2.05, 4.69) is 35.1 Å². The van der Waals surface area contributed by atoms with Gasteiger partial charge in [-0.25, -0.2) is 4.79 Å². The zero-order chi connectivity index (χ0) is 39.8. The molecule has 6 aliphatic rings.